The van der Waals surface area contributed by atoms with E-state index in [0.717, 1.165) is 11.3 Å². The average Bonchev–Trinajstić information content (AvgIpc) is 2.84. The summed E-state index contributed by atoms with van der Waals surface area (Å²) in [5.74, 6) is -0.577. The van der Waals surface area contributed by atoms with Crippen LogP contribution in [-0.4, -0.2) is 13.4 Å². The molecule has 0 atom stereocenters. The molecule has 112 valence electrons. The Morgan fingerprint density at radius 3 is 2.62 bits per heavy atom. The summed E-state index contributed by atoms with van der Waals surface area (Å²) in [6, 6.07) is 7.03. The van der Waals surface area contributed by atoms with Gasteiger partial charge < -0.3 is 5.73 Å². The van der Waals surface area contributed by atoms with Crippen molar-refractivity contribution in [1.82, 2.24) is 4.72 Å². The monoisotopic (exact) mass is 364 g/mol. The summed E-state index contributed by atoms with van der Waals surface area (Å²) in [6.07, 6.45) is 0. The molecule has 1 aromatic heterocycles. The van der Waals surface area contributed by atoms with Crippen LogP contribution in [-0.2, 0) is 16.6 Å². The molecule has 3 N–H and O–H groups in total. The quantitative estimate of drug-likeness (QED) is 0.800. The van der Waals surface area contributed by atoms with E-state index in [-0.39, 0.29) is 21.3 Å². The number of thiophene rings is 1. The Morgan fingerprint density at radius 1 is 1.38 bits per heavy atom. The summed E-state index contributed by atoms with van der Waals surface area (Å²) in [4.78, 5) is 0.0780. The Balaban J connectivity index is 2.15. The van der Waals surface area contributed by atoms with Crippen LogP contribution in [0.3, 0.4) is 0 Å². The molecule has 0 radical (unpaired) electrons. The zero-order valence-electron chi connectivity index (χ0n) is 10.5. The minimum atomic E-state index is -3.71. The van der Waals surface area contributed by atoms with Gasteiger partial charge in [-0.15, -0.1) is 11.3 Å². The molecule has 0 aliphatic heterocycles. The Bertz CT molecular complexity index is 790. The molecule has 2 aromatic rings. The summed E-state index contributed by atoms with van der Waals surface area (Å²) in [7, 11) is -3.71. The predicted octanol–water partition coefficient (Wildman–Crippen LogP) is 2.65. The standard InChI is InChI=1S/C12H10ClFN2O2S3/c13-10-3-4-11(20-10)21(17,18)16-6-8-2-1-7(12(15)19)5-9(8)14/h1-5,16H,6H2,(H2,15,19). The van der Waals surface area contributed by atoms with E-state index in [9.17, 15) is 12.8 Å². The number of hydrogen-bond acceptors (Lipinski definition) is 4. The van der Waals surface area contributed by atoms with Gasteiger partial charge in [0.15, 0.2) is 0 Å². The van der Waals surface area contributed by atoms with Crippen LogP contribution in [0.2, 0.25) is 4.34 Å². The first-order chi connectivity index (χ1) is 9.79. The van der Waals surface area contributed by atoms with Crippen molar-refractivity contribution in [2.24, 2.45) is 5.73 Å². The van der Waals surface area contributed by atoms with Crippen molar-refractivity contribution in [2.45, 2.75) is 10.8 Å². The lowest BCUT2D eigenvalue weighted by atomic mass is 10.1. The fourth-order valence-electron chi connectivity index (χ4n) is 1.53. The van der Waals surface area contributed by atoms with Crippen molar-refractivity contribution in [1.29, 1.82) is 0 Å². The first-order valence-electron chi connectivity index (χ1n) is 5.63. The van der Waals surface area contributed by atoms with Gasteiger partial charge in [-0.3, -0.25) is 0 Å². The van der Waals surface area contributed by atoms with Crippen molar-refractivity contribution in [2.75, 3.05) is 0 Å². The third-order valence-electron chi connectivity index (χ3n) is 2.60. The van der Waals surface area contributed by atoms with E-state index in [0.29, 0.717) is 9.90 Å². The number of halogens is 2. The molecule has 0 fully saturated rings. The van der Waals surface area contributed by atoms with Crippen molar-refractivity contribution in [3.63, 3.8) is 0 Å². The maximum Gasteiger partial charge on any atom is 0.250 e. The highest BCUT2D eigenvalue weighted by Gasteiger charge is 2.17. The van der Waals surface area contributed by atoms with Gasteiger partial charge in [0.05, 0.1) is 4.34 Å². The molecule has 0 aliphatic carbocycles. The molecule has 1 aromatic carbocycles. The lowest BCUT2D eigenvalue weighted by Gasteiger charge is -2.07. The van der Waals surface area contributed by atoms with Crippen LogP contribution >= 0.6 is 35.2 Å². The van der Waals surface area contributed by atoms with E-state index in [1.54, 1.807) is 0 Å². The fourth-order valence-corrected chi connectivity index (χ4v) is 4.19. The van der Waals surface area contributed by atoms with Gasteiger partial charge >= 0.3 is 0 Å². The molecule has 21 heavy (non-hydrogen) atoms. The normalized spacial score (nSPS) is 11.5. The number of nitrogens with two attached hydrogens (primary N) is 1. The fraction of sp³-hybridized carbons (Fsp3) is 0.0833. The smallest absolute Gasteiger partial charge is 0.250 e. The summed E-state index contributed by atoms with van der Waals surface area (Å²) >= 11 is 11.4. The first-order valence-corrected chi connectivity index (χ1v) is 8.71. The molecule has 2 rings (SSSR count). The Hall–Kier alpha value is -1.06. The van der Waals surface area contributed by atoms with Gasteiger partial charge in [0.25, 0.3) is 0 Å². The van der Waals surface area contributed by atoms with Crippen LogP contribution in [0.25, 0.3) is 0 Å². The summed E-state index contributed by atoms with van der Waals surface area (Å²) < 4.78 is 40.5. The lowest BCUT2D eigenvalue weighted by molar-refractivity contribution is 0.576. The molecule has 1 heterocycles. The second-order valence-corrected chi connectivity index (χ2v) is 8.20. The largest absolute Gasteiger partial charge is 0.389 e. The van der Waals surface area contributed by atoms with E-state index in [4.69, 9.17) is 29.6 Å². The van der Waals surface area contributed by atoms with Crippen LogP contribution in [0.15, 0.2) is 34.5 Å². The van der Waals surface area contributed by atoms with Crippen LogP contribution in [0.4, 0.5) is 4.39 Å². The molecule has 0 saturated heterocycles. The van der Waals surface area contributed by atoms with E-state index in [1.165, 1.54) is 30.3 Å². The third kappa shape index (κ3) is 3.98. The lowest BCUT2D eigenvalue weighted by Crippen LogP contribution is -2.23. The van der Waals surface area contributed by atoms with E-state index < -0.39 is 15.8 Å². The minimum absolute atomic E-state index is 0.0765. The maximum atomic E-state index is 13.8. The minimum Gasteiger partial charge on any atom is -0.389 e. The highest BCUT2D eigenvalue weighted by Crippen LogP contribution is 2.25. The van der Waals surface area contributed by atoms with Crippen molar-refractivity contribution in [3.05, 3.63) is 51.6 Å². The number of hydrogen-bond donors (Lipinski definition) is 2. The zero-order chi connectivity index (χ0) is 15.6. The topological polar surface area (TPSA) is 72.2 Å². The molecule has 0 aliphatic rings. The third-order valence-corrected chi connectivity index (χ3v) is 5.96. The van der Waals surface area contributed by atoms with Crippen LogP contribution < -0.4 is 10.5 Å². The van der Waals surface area contributed by atoms with Gasteiger partial charge in [0.2, 0.25) is 10.0 Å². The second-order valence-electron chi connectivity index (χ2n) is 4.05. The van der Waals surface area contributed by atoms with Crippen molar-refractivity contribution in [3.8, 4) is 0 Å². The van der Waals surface area contributed by atoms with Gasteiger partial charge in [-0.1, -0.05) is 36.0 Å². The van der Waals surface area contributed by atoms with Gasteiger partial charge in [0, 0.05) is 17.7 Å². The first kappa shape index (κ1) is 16.3. The molecule has 0 amide bonds. The SMILES string of the molecule is NC(=S)c1ccc(CNS(=O)(=O)c2ccc(Cl)s2)c(F)c1. The maximum absolute atomic E-state index is 13.8. The molecule has 0 saturated carbocycles. The Morgan fingerprint density at radius 2 is 2.10 bits per heavy atom. The average molecular weight is 365 g/mol. The zero-order valence-corrected chi connectivity index (χ0v) is 13.7. The van der Waals surface area contributed by atoms with Crippen molar-refractivity contribution < 1.29 is 12.8 Å². The molecule has 0 unspecified atom stereocenters. The van der Waals surface area contributed by atoms with Crippen LogP contribution in [0.5, 0.6) is 0 Å². The highest BCUT2D eigenvalue weighted by molar-refractivity contribution is 7.91. The molecule has 0 bridgehead atoms. The summed E-state index contributed by atoms with van der Waals surface area (Å²) in [5.41, 5.74) is 5.98. The molecular weight excluding hydrogens is 355 g/mol. The van der Waals surface area contributed by atoms with Gasteiger partial charge in [-0.05, 0) is 18.2 Å². The van der Waals surface area contributed by atoms with Crippen LogP contribution in [0, 0.1) is 5.82 Å². The number of nitrogens with one attached hydrogen (secondary N) is 1. The van der Waals surface area contributed by atoms with E-state index in [1.807, 2.05) is 0 Å². The molecule has 0 spiro atoms. The number of benzene rings is 1. The Kier molecular flexibility index (Phi) is 4.95. The number of rotatable bonds is 5. The highest BCUT2D eigenvalue weighted by atomic mass is 35.5. The summed E-state index contributed by atoms with van der Waals surface area (Å²) in [5, 5.41) is 0. The van der Waals surface area contributed by atoms with E-state index >= 15 is 0 Å². The predicted molar refractivity (Wildman–Crippen MR) is 85.6 cm³/mol. The Labute approximate surface area is 135 Å². The number of sulfonamides is 1. The summed E-state index contributed by atoms with van der Waals surface area (Å²) in [6.45, 7) is -0.179. The molecule has 4 nitrogen and oxygen atoms in total. The van der Waals surface area contributed by atoms with Crippen molar-refractivity contribution >= 4 is 50.2 Å². The van der Waals surface area contributed by atoms with Gasteiger partial charge in [0.1, 0.15) is 15.0 Å². The van der Waals surface area contributed by atoms with E-state index in [2.05, 4.69) is 4.72 Å². The van der Waals surface area contributed by atoms with Crippen LogP contribution in [0.1, 0.15) is 11.1 Å². The molecule has 9 heteroatoms. The number of thiocarbonyl (C=S) groups is 1. The second kappa shape index (κ2) is 6.37. The molecular formula is C12H10ClFN2O2S3. The van der Waals surface area contributed by atoms with Gasteiger partial charge in [-0.2, -0.15) is 0 Å². The van der Waals surface area contributed by atoms with Gasteiger partial charge in [-0.25, -0.2) is 17.5 Å².